The number of carbonyl (C=O) groups is 2. The van der Waals surface area contributed by atoms with Crippen LogP contribution in [0.25, 0.3) is 11.5 Å². The molecule has 1 saturated heterocycles. The molecule has 0 atom stereocenters. The minimum absolute atomic E-state index is 0.0779. The molecule has 4 aromatic rings. The van der Waals surface area contributed by atoms with E-state index < -0.39 is 0 Å². The zero-order valence-electron chi connectivity index (χ0n) is 20.8. The number of amides is 2. The van der Waals surface area contributed by atoms with Gasteiger partial charge in [0.05, 0.1) is 5.75 Å². The Morgan fingerprint density at radius 2 is 1.74 bits per heavy atom. The highest BCUT2D eigenvalue weighted by molar-refractivity contribution is 9.10. The molecule has 2 heterocycles. The van der Waals surface area contributed by atoms with Crippen LogP contribution in [0.1, 0.15) is 15.9 Å². The molecule has 0 radical (unpaired) electrons. The third-order valence-corrected chi connectivity index (χ3v) is 7.46. The highest BCUT2D eigenvalue weighted by Gasteiger charge is 2.22. The molecular weight excluding hydrogens is 566 g/mol. The summed E-state index contributed by atoms with van der Waals surface area (Å²) in [6.07, 6.45) is 0. The van der Waals surface area contributed by atoms with Crippen molar-refractivity contribution in [3.63, 3.8) is 0 Å². The third-order valence-electron chi connectivity index (χ3n) is 6.15. The highest BCUT2D eigenvalue weighted by atomic mass is 79.9. The smallest absolute Gasteiger partial charge is 0.277 e. The number of hydrogen-bond donors (Lipinski definition) is 1. The number of benzene rings is 3. The maximum atomic E-state index is 12.8. The first kappa shape index (κ1) is 26.0. The van der Waals surface area contributed by atoms with Gasteiger partial charge in [-0.15, -0.1) is 10.2 Å². The monoisotopic (exact) mass is 591 g/mol. The van der Waals surface area contributed by atoms with E-state index in [9.17, 15) is 9.59 Å². The Labute approximate surface area is 233 Å². The molecule has 5 rings (SSSR count). The molecule has 2 amide bonds. The Morgan fingerprint density at radius 3 is 2.47 bits per heavy atom. The van der Waals surface area contributed by atoms with Gasteiger partial charge >= 0.3 is 0 Å². The van der Waals surface area contributed by atoms with Gasteiger partial charge in [0.1, 0.15) is 0 Å². The number of halogens is 1. The number of rotatable bonds is 7. The van der Waals surface area contributed by atoms with E-state index >= 15 is 0 Å². The predicted octanol–water partition coefficient (Wildman–Crippen LogP) is 5.50. The van der Waals surface area contributed by atoms with Gasteiger partial charge in [0.25, 0.3) is 11.1 Å². The van der Waals surface area contributed by atoms with Crippen LogP contribution in [0.4, 0.5) is 11.4 Å². The Bertz CT molecular complexity index is 1430. The molecule has 0 bridgehead atoms. The molecule has 1 aliphatic rings. The van der Waals surface area contributed by atoms with Gasteiger partial charge in [-0.3, -0.25) is 9.59 Å². The number of thioether (sulfide) groups is 1. The van der Waals surface area contributed by atoms with Gasteiger partial charge in [-0.1, -0.05) is 51.5 Å². The normalized spacial score (nSPS) is 13.4. The van der Waals surface area contributed by atoms with Crippen LogP contribution in [0.15, 0.2) is 86.9 Å². The van der Waals surface area contributed by atoms with Crippen molar-refractivity contribution in [1.29, 1.82) is 0 Å². The molecule has 1 aromatic heterocycles. The lowest BCUT2D eigenvalue weighted by molar-refractivity contribution is -0.113. The van der Waals surface area contributed by atoms with Gasteiger partial charge < -0.3 is 19.5 Å². The Balaban J connectivity index is 1.09. The molecule has 3 aromatic carbocycles. The van der Waals surface area contributed by atoms with Crippen molar-refractivity contribution in [3.8, 4) is 11.5 Å². The summed E-state index contributed by atoms with van der Waals surface area (Å²) in [6, 6.07) is 23.1. The summed E-state index contributed by atoms with van der Waals surface area (Å²) in [5.41, 5.74) is 4.41. The van der Waals surface area contributed by atoms with Crippen LogP contribution in [0.2, 0.25) is 0 Å². The molecule has 8 nitrogen and oxygen atoms in total. The lowest BCUT2D eigenvalue weighted by Gasteiger charge is -2.36. The fourth-order valence-electron chi connectivity index (χ4n) is 4.21. The minimum atomic E-state index is -0.159. The van der Waals surface area contributed by atoms with Crippen molar-refractivity contribution in [2.45, 2.75) is 12.1 Å². The number of hydrogen-bond acceptors (Lipinski definition) is 7. The molecule has 1 N–H and O–H groups in total. The second-order valence-electron chi connectivity index (χ2n) is 8.92. The fraction of sp³-hybridized carbons (Fsp3) is 0.214. The number of piperazine rings is 1. The van der Waals surface area contributed by atoms with Crippen LogP contribution in [0.5, 0.6) is 0 Å². The van der Waals surface area contributed by atoms with Crippen molar-refractivity contribution in [1.82, 2.24) is 15.1 Å². The quantitative estimate of drug-likeness (QED) is 0.284. The van der Waals surface area contributed by atoms with Crippen molar-refractivity contribution >= 4 is 50.9 Å². The van der Waals surface area contributed by atoms with Crippen molar-refractivity contribution in [3.05, 3.63) is 88.4 Å². The first-order valence-electron chi connectivity index (χ1n) is 12.2. The molecule has 1 aliphatic heterocycles. The number of nitrogens with zero attached hydrogens (tertiary/aromatic N) is 4. The van der Waals surface area contributed by atoms with Gasteiger partial charge in [-0.2, -0.15) is 0 Å². The molecule has 10 heteroatoms. The molecule has 0 saturated carbocycles. The number of aryl methyl sites for hydroxylation is 1. The third kappa shape index (κ3) is 6.43. The Kier molecular flexibility index (Phi) is 8.09. The summed E-state index contributed by atoms with van der Waals surface area (Å²) >= 11 is 4.62. The average Bonchev–Trinajstić information content (AvgIpc) is 3.41. The van der Waals surface area contributed by atoms with E-state index in [1.165, 1.54) is 11.8 Å². The number of aromatic nitrogens is 2. The standard InChI is InChI=1S/C28H26BrN5O3S/c1-19-4-2-6-21(16-19)27(36)34-14-12-33(13-15-34)24-10-8-23(9-11-24)30-25(35)18-38-28-32-31-26(37-28)20-5-3-7-22(29)17-20/h2-11,16-17H,12-15,18H2,1H3,(H,30,35). The molecule has 0 spiro atoms. The van der Waals surface area contributed by atoms with Gasteiger partial charge in [-0.25, -0.2) is 0 Å². The Hall–Kier alpha value is -3.63. The maximum absolute atomic E-state index is 12.8. The zero-order valence-corrected chi connectivity index (χ0v) is 23.2. The Morgan fingerprint density at radius 1 is 0.974 bits per heavy atom. The van der Waals surface area contributed by atoms with Gasteiger partial charge in [0, 0.05) is 53.2 Å². The van der Waals surface area contributed by atoms with E-state index in [4.69, 9.17) is 4.42 Å². The van der Waals surface area contributed by atoms with E-state index in [1.54, 1.807) is 0 Å². The van der Waals surface area contributed by atoms with Gasteiger partial charge in [0.15, 0.2) is 0 Å². The second kappa shape index (κ2) is 11.8. The van der Waals surface area contributed by atoms with Gasteiger partial charge in [0.2, 0.25) is 11.8 Å². The van der Waals surface area contributed by atoms with Crippen LogP contribution in [0, 0.1) is 6.92 Å². The highest BCUT2D eigenvalue weighted by Crippen LogP contribution is 2.26. The zero-order chi connectivity index (χ0) is 26.5. The maximum Gasteiger partial charge on any atom is 0.277 e. The summed E-state index contributed by atoms with van der Waals surface area (Å²) in [4.78, 5) is 29.4. The van der Waals surface area contributed by atoms with Crippen molar-refractivity contribution in [2.24, 2.45) is 0 Å². The lowest BCUT2D eigenvalue weighted by Crippen LogP contribution is -2.48. The average molecular weight is 593 g/mol. The second-order valence-corrected chi connectivity index (χ2v) is 10.8. The van der Waals surface area contributed by atoms with E-state index in [0.717, 1.165) is 39.9 Å². The summed E-state index contributed by atoms with van der Waals surface area (Å²) in [7, 11) is 0. The summed E-state index contributed by atoms with van der Waals surface area (Å²) in [5, 5.41) is 11.3. The first-order valence-corrected chi connectivity index (χ1v) is 14.0. The van der Waals surface area contributed by atoms with Crippen LogP contribution >= 0.6 is 27.7 Å². The summed E-state index contributed by atoms with van der Waals surface area (Å²) in [6.45, 7) is 4.84. The van der Waals surface area contributed by atoms with E-state index in [0.29, 0.717) is 29.9 Å². The summed E-state index contributed by atoms with van der Waals surface area (Å²) in [5.74, 6) is 0.478. The molecule has 0 unspecified atom stereocenters. The van der Waals surface area contributed by atoms with Crippen LogP contribution < -0.4 is 10.2 Å². The van der Waals surface area contributed by atoms with E-state index in [-0.39, 0.29) is 17.6 Å². The number of anilines is 2. The first-order chi connectivity index (χ1) is 18.4. The van der Waals surface area contributed by atoms with Crippen molar-refractivity contribution in [2.75, 3.05) is 42.1 Å². The number of nitrogens with one attached hydrogen (secondary N) is 1. The topological polar surface area (TPSA) is 91.6 Å². The van der Waals surface area contributed by atoms with Crippen LogP contribution in [-0.2, 0) is 4.79 Å². The van der Waals surface area contributed by atoms with Gasteiger partial charge in [-0.05, 0) is 61.5 Å². The molecular formula is C28H26BrN5O3S. The molecule has 194 valence electrons. The minimum Gasteiger partial charge on any atom is -0.411 e. The predicted molar refractivity (Wildman–Crippen MR) is 153 cm³/mol. The van der Waals surface area contributed by atoms with E-state index in [1.807, 2.05) is 84.6 Å². The number of carbonyl (C=O) groups excluding carboxylic acids is 2. The summed E-state index contributed by atoms with van der Waals surface area (Å²) < 4.78 is 6.59. The largest absolute Gasteiger partial charge is 0.411 e. The van der Waals surface area contributed by atoms with Crippen molar-refractivity contribution < 1.29 is 14.0 Å². The van der Waals surface area contributed by atoms with E-state index in [2.05, 4.69) is 36.3 Å². The van der Waals surface area contributed by atoms with Crippen LogP contribution in [0.3, 0.4) is 0 Å². The lowest BCUT2D eigenvalue weighted by atomic mass is 10.1. The SMILES string of the molecule is Cc1cccc(C(=O)N2CCN(c3ccc(NC(=O)CSc4nnc(-c5cccc(Br)c5)o4)cc3)CC2)c1. The molecule has 38 heavy (non-hydrogen) atoms. The molecule has 1 fully saturated rings. The van der Waals surface area contributed by atoms with Crippen LogP contribution in [-0.4, -0.2) is 58.8 Å². The molecule has 0 aliphatic carbocycles. The fourth-order valence-corrected chi connectivity index (χ4v) is 5.18.